The highest BCUT2D eigenvalue weighted by atomic mass is 16.5. The minimum atomic E-state index is -0.695. The second-order valence-electron chi connectivity index (χ2n) is 8.57. The van der Waals surface area contributed by atoms with E-state index >= 15 is 0 Å². The van der Waals surface area contributed by atoms with Gasteiger partial charge in [0.05, 0.1) is 12.2 Å². The molecule has 3 rings (SSSR count). The van der Waals surface area contributed by atoms with Crippen molar-refractivity contribution in [1.82, 2.24) is 0 Å². The fourth-order valence-corrected chi connectivity index (χ4v) is 4.84. The molecule has 4 nitrogen and oxygen atoms in total. The molecule has 1 fully saturated rings. The van der Waals surface area contributed by atoms with Gasteiger partial charge >= 0.3 is 5.97 Å². The Morgan fingerprint density at radius 2 is 2.07 bits per heavy atom. The third-order valence-electron chi connectivity index (χ3n) is 6.42. The van der Waals surface area contributed by atoms with E-state index in [9.17, 15) is 4.79 Å². The number of benzene rings is 1. The van der Waals surface area contributed by atoms with Crippen LogP contribution in [0, 0.1) is 5.92 Å². The van der Waals surface area contributed by atoms with E-state index in [0.29, 0.717) is 5.92 Å². The monoisotopic (exact) mass is 388 g/mol. The van der Waals surface area contributed by atoms with Gasteiger partial charge in [-0.3, -0.25) is 4.79 Å². The Morgan fingerprint density at radius 1 is 1.25 bits per heavy atom. The van der Waals surface area contributed by atoms with E-state index in [-0.39, 0.29) is 12.0 Å². The second kappa shape index (κ2) is 10.3. The number of carbonyl (C=O) groups is 1. The van der Waals surface area contributed by atoms with Gasteiger partial charge in [0.15, 0.2) is 0 Å². The molecular formula is C24H36O4. The van der Waals surface area contributed by atoms with Crippen LogP contribution in [0.1, 0.15) is 88.7 Å². The topological polar surface area (TPSA) is 55.8 Å². The molecule has 1 aromatic rings. The molecule has 1 spiro atoms. The summed E-state index contributed by atoms with van der Waals surface area (Å²) in [5, 5.41) is 8.99. The average molecular weight is 389 g/mol. The van der Waals surface area contributed by atoms with Crippen molar-refractivity contribution in [3.63, 3.8) is 0 Å². The van der Waals surface area contributed by atoms with Crippen LogP contribution in [-0.2, 0) is 21.6 Å². The molecule has 0 bridgehead atoms. The van der Waals surface area contributed by atoms with Gasteiger partial charge in [0.2, 0.25) is 0 Å². The van der Waals surface area contributed by atoms with Crippen molar-refractivity contribution in [1.29, 1.82) is 0 Å². The number of hydrogen-bond donors (Lipinski definition) is 1. The Bertz CT molecular complexity index is 641. The number of hydrogen-bond acceptors (Lipinski definition) is 3. The molecule has 0 saturated carbocycles. The molecule has 28 heavy (non-hydrogen) atoms. The second-order valence-corrected chi connectivity index (χ2v) is 8.57. The highest BCUT2D eigenvalue weighted by Crippen LogP contribution is 2.48. The number of aryl methyl sites for hydroxylation is 1. The van der Waals surface area contributed by atoms with Gasteiger partial charge in [-0.15, -0.1) is 0 Å². The van der Waals surface area contributed by atoms with Crippen LogP contribution < -0.4 is 4.74 Å². The van der Waals surface area contributed by atoms with Gasteiger partial charge in [-0.2, -0.15) is 0 Å². The molecule has 2 aliphatic rings. The molecule has 1 aliphatic heterocycles. The minimum absolute atomic E-state index is 0.200. The van der Waals surface area contributed by atoms with Crippen LogP contribution in [0.4, 0.5) is 0 Å². The maximum absolute atomic E-state index is 10.9. The van der Waals surface area contributed by atoms with Crippen molar-refractivity contribution >= 4 is 5.97 Å². The molecule has 0 amide bonds. The molecule has 4 heteroatoms. The van der Waals surface area contributed by atoms with Crippen LogP contribution in [0.5, 0.6) is 5.75 Å². The summed E-state index contributed by atoms with van der Waals surface area (Å²) in [5.41, 5.74) is 2.45. The van der Waals surface area contributed by atoms with E-state index in [1.54, 1.807) is 0 Å². The summed E-state index contributed by atoms with van der Waals surface area (Å²) in [6.07, 6.45) is 12.6. The molecule has 2 unspecified atom stereocenters. The molecular weight excluding hydrogens is 352 g/mol. The standard InChI is InChI=1S/C24H36O4/c1-2-3-4-5-6-7-15-27-21-9-10-22-20(17-21)12-14-24(22)18-19(13-16-28-24)8-11-23(25)26/h9-10,17,19H,2-8,11-16,18H2,1H3,(H,25,26). The third kappa shape index (κ3) is 5.50. The van der Waals surface area contributed by atoms with E-state index in [1.807, 2.05) is 0 Å². The molecule has 1 aromatic carbocycles. The van der Waals surface area contributed by atoms with E-state index in [4.69, 9.17) is 14.6 Å². The first-order chi connectivity index (χ1) is 13.6. The maximum Gasteiger partial charge on any atom is 0.303 e. The first kappa shape index (κ1) is 21.2. The molecule has 0 radical (unpaired) electrons. The van der Waals surface area contributed by atoms with E-state index in [1.165, 1.54) is 43.2 Å². The molecule has 0 aromatic heterocycles. The fraction of sp³-hybridized carbons (Fsp3) is 0.708. The Labute approximate surface area is 169 Å². The van der Waals surface area contributed by atoms with Crippen molar-refractivity contribution in [2.24, 2.45) is 5.92 Å². The SMILES string of the molecule is CCCCCCCCOc1ccc2c(c1)CCC21CC(CCC(=O)O)CCO1. The lowest BCUT2D eigenvalue weighted by molar-refractivity contribution is -0.138. The average Bonchev–Trinajstić information content (AvgIpc) is 3.03. The Kier molecular flexibility index (Phi) is 7.78. The Morgan fingerprint density at radius 3 is 2.89 bits per heavy atom. The number of carboxylic acids is 1. The molecule has 1 aliphatic carbocycles. The summed E-state index contributed by atoms with van der Waals surface area (Å²) in [5.74, 6) is 0.724. The number of rotatable bonds is 11. The van der Waals surface area contributed by atoms with Gasteiger partial charge in [-0.25, -0.2) is 0 Å². The number of unbranched alkanes of at least 4 members (excludes halogenated alkanes) is 5. The largest absolute Gasteiger partial charge is 0.494 e. The predicted molar refractivity (Wildman–Crippen MR) is 111 cm³/mol. The summed E-state index contributed by atoms with van der Waals surface area (Å²) in [6.45, 7) is 3.78. The van der Waals surface area contributed by atoms with Gasteiger partial charge in [-0.1, -0.05) is 45.1 Å². The third-order valence-corrected chi connectivity index (χ3v) is 6.42. The van der Waals surface area contributed by atoms with E-state index in [2.05, 4.69) is 25.1 Å². The lowest BCUT2D eigenvalue weighted by Crippen LogP contribution is -2.35. The summed E-state index contributed by atoms with van der Waals surface area (Å²) >= 11 is 0. The quantitative estimate of drug-likeness (QED) is 0.483. The van der Waals surface area contributed by atoms with Crippen LogP contribution in [0.25, 0.3) is 0 Å². The molecule has 2 atom stereocenters. The van der Waals surface area contributed by atoms with Gasteiger partial charge in [0, 0.05) is 13.0 Å². The summed E-state index contributed by atoms with van der Waals surface area (Å²) in [6, 6.07) is 6.48. The van der Waals surface area contributed by atoms with Gasteiger partial charge in [0.25, 0.3) is 0 Å². The predicted octanol–water partition coefficient (Wildman–Crippen LogP) is 5.86. The summed E-state index contributed by atoms with van der Waals surface area (Å²) in [7, 11) is 0. The van der Waals surface area contributed by atoms with Crippen LogP contribution in [0.2, 0.25) is 0 Å². The van der Waals surface area contributed by atoms with Gasteiger partial charge in [-0.05, 0) is 67.7 Å². The first-order valence-electron chi connectivity index (χ1n) is 11.2. The van der Waals surface area contributed by atoms with Gasteiger partial charge in [0.1, 0.15) is 5.75 Å². The fourth-order valence-electron chi connectivity index (χ4n) is 4.84. The van der Waals surface area contributed by atoms with Crippen LogP contribution in [0.3, 0.4) is 0 Å². The normalized spacial score (nSPS) is 23.7. The molecule has 1 saturated heterocycles. The summed E-state index contributed by atoms with van der Waals surface area (Å²) < 4.78 is 12.3. The molecule has 1 N–H and O–H groups in total. The Balaban J connectivity index is 1.52. The number of aliphatic carboxylic acids is 1. The highest BCUT2D eigenvalue weighted by Gasteiger charge is 2.43. The number of ether oxygens (including phenoxy) is 2. The Hall–Kier alpha value is -1.55. The van der Waals surface area contributed by atoms with Crippen molar-refractivity contribution in [2.75, 3.05) is 13.2 Å². The lowest BCUT2D eigenvalue weighted by atomic mass is 9.80. The molecule has 156 valence electrons. The highest BCUT2D eigenvalue weighted by molar-refractivity contribution is 5.66. The molecule has 1 heterocycles. The van der Waals surface area contributed by atoms with Crippen molar-refractivity contribution in [3.05, 3.63) is 29.3 Å². The van der Waals surface area contributed by atoms with Crippen molar-refractivity contribution < 1.29 is 19.4 Å². The zero-order valence-corrected chi connectivity index (χ0v) is 17.4. The number of carboxylic acid groups (broad SMARTS) is 1. The smallest absolute Gasteiger partial charge is 0.303 e. The van der Waals surface area contributed by atoms with Crippen LogP contribution in [-0.4, -0.2) is 24.3 Å². The maximum atomic E-state index is 10.9. The first-order valence-corrected chi connectivity index (χ1v) is 11.2. The summed E-state index contributed by atoms with van der Waals surface area (Å²) in [4.78, 5) is 10.9. The zero-order valence-electron chi connectivity index (χ0n) is 17.4. The van der Waals surface area contributed by atoms with Crippen molar-refractivity contribution in [3.8, 4) is 5.75 Å². The van der Waals surface area contributed by atoms with Crippen LogP contribution in [0.15, 0.2) is 18.2 Å². The lowest BCUT2D eigenvalue weighted by Gasteiger charge is -2.39. The van der Waals surface area contributed by atoms with E-state index in [0.717, 1.165) is 57.5 Å². The zero-order chi connectivity index (χ0) is 19.8. The van der Waals surface area contributed by atoms with E-state index < -0.39 is 5.97 Å². The number of fused-ring (bicyclic) bond motifs is 2. The minimum Gasteiger partial charge on any atom is -0.494 e. The van der Waals surface area contributed by atoms with Gasteiger partial charge < -0.3 is 14.6 Å². The van der Waals surface area contributed by atoms with Crippen LogP contribution >= 0.6 is 0 Å². The van der Waals surface area contributed by atoms with Crippen molar-refractivity contribution in [2.45, 2.75) is 89.6 Å².